The van der Waals surface area contributed by atoms with E-state index in [2.05, 4.69) is 65.2 Å². The molecule has 1 N–H and O–H groups in total. The average Bonchev–Trinajstić information content (AvgIpc) is 3.13. The largest absolute Gasteiger partial charge is 0.310 e. The van der Waals surface area contributed by atoms with E-state index in [0.717, 1.165) is 19.1 Å². The van der Waals surface area contributed by atoms with Crippen LogP contribution in [0.3, 0.4) is 0 Å². The van der Waals surface area contributed by atoms with E-state index in [1.807, 2.05) is 0 Å². The van der Waals surface area contributed by atoms with Crippen LogP contribution in [0.4, 0.5) is 0 Å². The van der Waals surface area contributed by atoms with Crippen LogP contribution < -0.4 is 5.32 Å². The zero-order valence-electron chi connectivity index (χ0n) is 11.5. The molecule has 100 valence electrons. The SMILES string of the molecule is CC(C)N(C)Cc1ccc(CNC2CC2)cc1Br. The highest BCUT2D eigenvalue weighted by molar-refractivity contribution is 9.10. The van der Waals surface area contributed by atoms with E-state index < -0.39 is 0 Å². The highest BCUT2D eigenvalue weighted by Gasteiger charge is 2.20. The summed E-state index contributed by atoms with van der Waals surface area (Å²) < 4.78 is 1.23. The van der Waals surface area contributed by atoms with Crippen molar-refractivity contribution in [2.24, 2.45) is 0 Å². The first-order chi connectivity index (χ1) is 8.56. The summed E-state index contributed by atoms with van der Waals surface area (Å²) in [7, 11) is 2.17. The second-order valence-electron chi connectivity index (χ2n) is 5.59. The second-order valence-corrected chi connectivity index (χ2v) is 6.44. The van der Waals surface area contributed by atoms with Gasteiger partial charge in [-0.25, -0.2) is 0 Å². The summed E-state index contributed by atoms with van der Waals surface area (Å²) in [6.45, 7) is 6.43. The Morgan fingerprint density at radius 1 is 1.39 bits per heavy atom. The third-order valence-electron chi connectivity index (χ3n) is 3.59. The Morgan fingerprint density at radius 2 is 2.11 bits per heavy atom. The summed E-state index contributed by atoms with van der Waals surface area (Å²) in [6.07, 6.45) is 2.69. The van der Waals surface area contributed by atoms with Crippen LogP contribution in [0.5, 0.6) is 0 Å². The highest BCUT2D eigenvalue weighted by atomic mass is 79.9. The molecule has 1 aliphatic rings. The molecule has 1 fully saturated rings. The lowest BCUT2D eigenvalue weighted by Crippen LogP contribution is -2.25. The highest BCUT2D eigenvalue weighted by Crippen LogP contribution is 2.22. The third kappa shape index (κ3) is 4.08. The molecule has 0 aliphatic heterocycles. The maximum atomic E-state index is 3.69. The van der Waals surface area contributed by atoms with E-state index in [-0.39, 0.29) is 0 Å². The fraction of sp³-hybridized carbons (Fsp3) is 0.600. The Morgan fingerprint density at radius 3 is 2.67 bits per heavy atom. The lowest BCUT2D eigenvalue weighted by atomic mass is 10.1. The van der Waals surface area contributed by atoms with Gasteiger partial charge in [0.05, 0.1) is 0 Å². The van der Waals surface area contributed by atoms with Crippen LogP contribution in [0.15, 0.2) is 22.7 Å². The van der Waals surface area contributed by atoms with Crippen LogP contribution in [0.2, 0.25) is 0 Å². The Bertz CT molecular complexity index is 399. The number of rotatable bonds is 6. The molecule has 2 rings (SSSR count). The quantitative estimate of drug-likeness (QED) is 0.864. The number of hydrogen-bond donors (Lipinski definition) is 1. The fourth-order valence-electron chi connectivity index (χ4n) is 1.83. The Balaban J connectivity index is 1.95. The van der Waals surface area contributed by atoms with Crippen LogP contribution in [-0.4, -0.2) is 24.0 Å². The second kappa shape index (κ2) is 6.18. The van der Waals surface area contributed by atoms with Gasteiger partial charge in [0.25, 0.3) is 0 Å². The predicted octanol–water partition coefficient (Wildman–Crippen LogP) is 3.54. The van der Waals surface area contributed by atoms with Gasteiger partial charge in [0.2, 0.25) is 0 Å². The van der Waals surface area contributed by atoms with Crippen molar-refractivity contribution in [1.82, 2.24) is 10.2 Å². The van der Waals surface area contributed by atoms with Gasteiger partial charge in [-0.1, -0.05) is 28.1 Å². The van der Waals surface area contributed by atoms with E-state index >= 15 is 0 Å². The molecule has 0 heterocycles. The van der Waals surface area contributed by atoms with Crippen molar-refractivity contribution in [1.29, 1.82) is 0 Å². The van der Waals surface area contributed by atoms with Crippen LogP contribution in [0, 0.1) is 0 Å². The molecule has 0 unspecified atom stereocenters. The molecular formula is C15H23BrN2. The topological polar surface area (TPSA) is 15.3 Å². The van der Waals surface area contributed by atoms with Crippen molar-refractivity contribution >= 4 is 15.9 Å². The minimum absolute atomic E-state index is 0.577. The summed E-state index contributed by atoms with van der Waals surface area (Å²) in [5.41, 5.74) is 2.73. The molecule has 0 spiro atoms. The van der Waals surface area contributed by atoms with E-state index in [9.17, 15) is 0 Å². The minimum Gasteiger partial charge on any atom is -0.310 e. The third-order valence-corrected chi connectivity index (χ3v) is 4.33. The molecule has 1 saturated carbocycles. The van der Waals surface area contributed by atoms with Crippen LogP contribution >= 0.6 is 15.9 Å². The monoisotopic (exact) mass is 310 g/mol. The molecule has 1 aliphatic carbocycles. The van der Waals surface area contributed by atoms with E-state index in [1.165, 1.54) is 28.4 Å². The Labute approximate surface area is 119 Å². The van der Waals surface area contributed by atoms with Crippen molar-refractivity contribution in [2.45, 2.75) is 51.9 Å². The summed E-state index contributed by atoms with van der Waals surface area (Å²) in [6, 6.07) is 8.08. The maximum absolute atomic E-state index is 3.69. The fourth-order valence-corrected chi connectivity index (χ4v) is 2.38. The molecular weight excluding hydrogens is 288 g/mol. The summed E-state index contributed by atoms with van der Waals surface area (Å²) in [4.78, 5) is 2.35. The first kappa shape index (κ1) is 14.0. The molecule has 1 aromatic carbocycles. The molecule has 3 heteroatoms. The molecule has 0 bridgehead atoms. The number of nitrogens with zero attached hydrogens (tertiary/aromatic N) is 1. The van der Waals surface area contributed by atoms with Gasteiger partial charge in [-0.05, 0) is 50.9 Å². The standard InChI is InChI=1S/C15H23BrN2/c1-11(2)18(3)10-13-5-4-12(8-15(13)16)9-17-14-6-7-14/h4-5,8,11,14,17H,6-7,9-10H2,1-3H3. The van der Waals surface area contributed by atoms with E-state index in [0.29, 0.717) is 6.04 Å². The number of halogens is 1. The zero-order chi connectivity index (χ0) is 13.1. The number of benzene rings is 1. The number of nitrogens with one attached hydrogen (secondary N) is 1. The van der Waals surface area contributed by atoms with Gasteiger partial charge in [-0.3, -0.25) is 4.90 Å². The van der Waals surface area contributed by atoms with Crippen LogP contribution in [0.1, 0.15) is 37.8 Å². The molecule has 2 nitrogen and oxygen atoms in total. The Kier molecular flexibility index (Phi) is 4.82. The first-order valence-electron chi connectivity index (χ1n) is 6.77. The van der Waals surface area contributed by atoms with Gasteiger partial charge < -0.3 is 5.32 Å². The van der Waals surface area contributed by atoms with Crippen molar-refractivity contribution in [3.8, 4) is 0 Å². The maximum Gasteiger partial charge on any atom is 0.0244 e. The van der Waals surface area contributed by atoms with Crippen molar-refractivity contribution in [3.05, 3.63) is 33.8 Å². The van der Waals surface area contributed by atoms with Gasteiger partial charge in [0.1, 0.15) is 0 Å². The normalized spacial score (nSPS) is 15.7. The first-order valence-corrected chi connectivity index (χ1v) is 7.56. The predicted molar refractivity (Wildman–Crippen MR) is 80.6 cm³/mol. The Hall–Kier alpha value is -0.380. The van der Waals surface area contributed by atoms with Crippen molar-refractivity contribution in [2.75, 3.05) is 7.05 Å². The summed E-state index contributed by atoms with van der Waals surface area (Å²) in [5, 5.41) is 3.55. The van der Waals surface area contributed by atoms with Crippen molar-refractivity contribution in [3.63, 3.8) is 0 Å². The molecule has 1 aromatic rings. The van der Waals surface area contributed by atoms with E-state index in [1.54, 1.807) is 0 Å². The lowest BCUT2D eigenvalue weighted by molar-refractivity contribution is 0.265. The van der Waals surface area contributed by atoms with Crippen LogP contribution in [0.25, 0.3) is 0 Å². The smallest absolute Gasteiger partial charge is 0.0244 e. The molecule has 18 heavy (non-hydrogen) atoms. The zero-order valence-corrected chi connectivity index (χ0v) is 13.1. The number of hydrogen-bond acceptors (Lipinski definition) is 2. The lowest BCUT2D eigenvalue weighted by Gasteiger charge is -2.21. The summed E-state index contributed by atoms with van der Waals surface area (Å²) >= 11 is 3.69. The van der Waals surface area contributed by atoms with Gasteiger partial charge in [0.15, 0.2) is 0 Å². The van der Waals surface area contributed by atoms with Gasteiger partial charge in [0, 0.05) is 29.6 Å². The molecule has 0 saturated heterocycles. The summed E-state index contributed by atoms with van der Waals surface area (Å²) in [5.74, 6) is 0. The minimum atomic E-state index is 0.577. The molecule has 0 amide bonds. The van der Waals surface area contributed by atoms with E-state index in [4.69, 9.17) is 0 Å². The molecule has 0 radical (unpaired) electrons. The van der Waals surface area contributed by atoms with Gasteiger partial charge in [-0.15, -0.1) is 0 Å². The van der Waals surface area contributed by atoms with Gasteiger partial charge in [-0.2, -0.15) is 0 Å². The molecule has 0 atom stereocenters. The average molecular weight is 311 g/mol. The van der Waals surface area contributed by atoms with Crippen LogP contribution in [-0.2, 0) is 13.1 Å². The van der Waals surface area contributed by atoms with Crippen molar-refractivity contribution < 1.29 is 0 Å². The molecule has 0 aromatic heterocycles. The van der Waals surface area contributed by atoms with Gasteiger partial charge >= 0.3 is 0 Å².